The fourth-order valence-corrected chi connectivity index (χ4v) is 2.87. The second-order valence-corrected chi connectivity index (χ2v) is 4.82. The number of hydrogen-bond donors (Lipinski definition) is 2. The number of β-amino-alcohol motifs (C(OH)–C–C–N with tert-alkyl or cyclic N) is 1. The molecule has 2 N–H and O–H groups in total. The maximum absolute atomic E-state index is 10.8. The van der Waals surface area contributed by atoms with Gasteiger partial charge in [0, 0.05) is 19.1 Å². The summed E-state index contributed by atoms with van der Waals surface area (Å²) in [4.78, 5) is 12.9. The molecule has 0 spiro atoms. The molecule has 0 aromatic carbocycles. The molecule has 15 heavy (non-hydrogen) atoms. The zero-order valence-corrected chi connectivity index (χ0v) is 8.93. The predicted octanol–water partition coefficient (Wildman–Crippen LogP) is 0.696. The van der Waals surface area contributed by atoms with Gasteiger partial charge in [0.05, 0.1) is 12.5 Å². The molecular formula is C11H19NO3. The third-order valence-corrected chi connectivity index (χ3v) is 3.69. The molecule has 0 radical (unpaired) electrons. The van der Waals surface area contributed by atoms with E-state index in [9.17, 15) is 9.90 Å². The van der Waals surface area contributed by atoms with Gasteiger partial charge in [-0.05, 0) is 18.8 Å². The van der Waals surface area contributed by atoms with E-state index in [1.54, 1.807) is 0 Å². The Labute approximate surface area is 89.9 Å². The first-order valence-corrected chi connectivity index (χ1v) is 5.80. The number of likely N-dealkylation sites (tertiary alicyclic amines) is 1. The average molecular weight is 213 g/mol. The molecule has 2 rings (SSSR count). The highest BCUT2D eigenvalue weighted by molar-refractivity contribution is 5.67. The predicted molar refractivity (Wildman–Crippen MR) is 55.6 cm³/mol. The molecule has 0 bridgehead atoms. The van der Waals surface area contributed by atoms with Crippen molar-refractivity contribution in [2.75, 3.05) is 13.1 Å². The maximum atomic E-state index is 10.8. The Hall–Kier alpha value is -0.610. The fraction of sp³-hybridized carbons (Fsp3) is 0.909. The Morgan fingerprint density at radius 1 is 1.33 bits per heavy atom. The number of aliphatic carboxylic acids is 1. The first-order chi connectivity index (χ1) is 7.16. The summed E-state index contributed by atoms with van der Waals surface area (Å²) in [7, 11) is 0. The van der Waals surface area contributed by atoms with E-state index < -0.39 is 5.97 Å². The molecule has 1 aliphatic carbocycles. The van der Waals surface area contributed by atoms with Crippen LogP contribution in [-0.2, 0) is 4.79 Å². The van der Waals surface area contributed by atoms with Gasteiger partial charge in [0.15, 0.2) is 0 Å². The van der Waals surface area contributed by atoms with E-state index in [0.717, 1.165) is 12.8 Å². The van der Waals surface area contributed by atoms with Crippen molar-refractivity contribution >= 4 is 5.97 Å². The number of carboxylic acids is 1. The molecule has 1 saturated carbocycles. The molecule has 4 nitrogen and oxygen atoms in total. The van der Waals surface area contributed by atoms with E-state index in [2.05, 4.69) is 4.90 Å². The molecule has 1 unspecified atom stereocenters. The van der Waals surface area contributed by atoms with Gasteiger partial charge in [0.1, 0.15) is 0 Å². The number of rotatable bonds is 4. The SMILES string of the molecule is O=C(O)CC(C1CCCC1)N1CC(O)C1. The highest BCUT2D eigenvalue weighted by Crippen LogP contribution is 2.33. The van der Waals surface area contributed by atoms with E-state index >= 15 is 0 Å². The number of aliphatic hydroxyl groups is 1. The lowest BCUT2D eigenvalue weighted by atomic mass is 9.91. The first kappa shape index (κ1) is 10.9. The van der Waals surface area contributed by atoms with Crippen molar-refractivity contribution in [3.8, 4) is 0 Å². The monoisotopic (exact) mass is 213 g/mol. The number of carbonyl (C=O) groups is 1. The first-order valence-electron chi connectivity index (χ1n) is 5.80. The second kappa shape index (κ2) is 4.49. The summed E-state index contributed by atoms with van der Waals surface area (Å²) < 4.78 is 0. The maximum Gasteiger partial charge on any atom is 0.304 e. The van der Waals surface area contributed by atoms with Gasteiger partial charge in [-0.15, -0.1) is 0 Å². The van der Waals surface area contributed by atoms with Crippen molar-refractivity contribution in [3.05, 3.63) is 0 Å². The van der Waals surface area contributed by atoms with Crippen LogP contribution in [0, 0.1) is 5.92 Å². The minimum atomic E-state index is -0.715. The summed E-state index contributed by atoms with van der Waals surface area (Å²) in [6, 6.07) is 0.161. The number of carboxylic acid groups (broad SMARTS) is 1. The summed E-state index contributed by atoms with van der Waals surface area (Å²) in [5.74, 6) is -0.179. The Kier molecular flexibility index (Phi) is 3.26. The summed E-state index contributed by atoms with van der Waals surface area (Å²) in [5, 5.41) is 18.1. The third-order valence-electron chi connectivity index (χ3n) is 3.69. The van der Waals surface area contributed by atoms with Gasteiger partial charge in [0.25, 0.3) is 0 Å². The molecule has 2 aliphatic rings. The quantitative estimate of drug-likeness (QED) is 0.721. The molecule has 1 saturated heterocycles. The number of aliphatic hydroxyl groups excluding tert-OH is 1. The van der Waals surface area contributed by atoms with Gasteiger partial charge < -0.3 is 10.2 Å². The summed E-state index contributed by atoms with van der Waals surface area (Å²) in [6.07, 6.45) is 4.78. The van der Waals surface area contributed by atoms with Crippen LogP contribution in [0.4, 0.5) is 0 Å². The van der Waals surface area contributed by atoms with Crippen molar-refractivity contribution in [2.24, 2.45) is 5.92 Å². The topological polar surface area (TPSA) is 60.8 Å². The minimum Gasteiger partial charge on any atom is -0.481 e. The van der Waals surface area contributed by atoms with Crippen LogP contribution in [0.2, 0.25) is 0 Å². The lowest BCUT2D eigenvalue weighted by molar-refractivity contribution is -0.140. The van der Waals surface area contributed by atoms with Crippen molar-refractivity contribution in [2.45, 2.75) is 44.2 Å². The Balaban J connectivity index is 1.92. The van der Waals surface area contributed by atoms with Gasteiger partial charge in [-0.1, -0.05) is 12.8 Å². The van der Waals surface area contributed by atoms with Crippen molar-refractivity contribution in [3.63, 3.8) is 0 Å². The molecule has 4 heteroatoms. The van der Waals surface area contributed by atoms with Crippen LogP contribution in [0.5, 0.6) is 0 Å². The summed E-state index contributed by atoms with van der Waals surface area (Å²) in [6.45, 7) is 1.32. The zero-order valence-electron chi connectivity index (χ0n) is 8.93. The lowest BCUT2D eigenvalue weighted by Gasteiger charge is -2.43. The van der Waals surface area contributed by atoms with E-state index in [4.69, 9.17) is 5.11 Å². The van der Waals surface area contributed by atoms with Gasteiger partial charge in [-0.25, -0.2) is 0 Å². The molecule has 2 fully saturated rings. The van der Waals surface area contributed by atoms with Gasteiger partial charge >= 0.3 is 5.97 Å². The Morgan fingerprint density at radius 2 is 1.93 bits per heavy atom. The number of hydrogen-bond acceptors (Lipinski definition) is 3. The largest absolute Gasteiger partial charge is 0.481 e. The van der Waals surface area contributed by atoms with E-state index in [1.807, 2.05) is 0 Å². The van der Waals surface area contributed by atoms with Crippen molar-refractivity contribution in [1.29, 1.82) is 0 Å². The summed E-state index contributed by atoms with van der Waals surface area (Å²) >= 11 is 0. The second-order valence-electron chi connectivity index (χ2n) is 4.82. The highest BCUT2D eigenvalue weighted by atomic mass is 16.4. The van der Waals surface area contributed by atoms with E-state index in [1.165, 1.54) is 12.8 Å². The number of nitrogens with zero attached hydrogens (tertiary/aromatic N) is 1. The molecule has 0 amide bonds. The molecule has 1 aliphatic heterocycles. The van der Waals surface area contributed by atoms with Gasteiger partial charge in [-0.2, -0.15) is 0 Å². The van der Waals surface area contributed by atoms with E-state index in [0.29, 0.717) is 19.0 Å². The van der Waals surface area contributed by atoms with Crippen LogP contribution in [0.15, 0.2) is 0 Å². The van der Waals surface area contributed by atoms with Crippen LogP contribution in [-0.4, -0.2) is 46.3 Å². The Bertz CT molecular complexity index is 232. The molecule has 1 atom stereocenters. The van der Waals surface area contributed by atoms with Crippen LogP contribution >= 0.6 is 0 Å². The van der Waals surface area contributed by atoms with Crippen LogP contribution in [0.1, 0.15) is 32.1 Å². The van der Waals surface area contributed by atoms with Crippen LogP contribution < -0.4 is 0 Å². The third kappa shape index (κ3) is 2.49. The molecular weight excluding hydrogens is 194 g/mol. The van der Waals surface area contributed by atoms with Gasteiger partial charge in [-0.3, -0.25) is 9.69 Å². The zero-order chi connectivity index (χ0) is 10.8. The van der Waals surface area contributed by atoms with Crippen molar-refractivity contribution in [1.82, 2.24) is 4.90 Å². The van der Waals surface area contributed by atoms with Crippen LogP contribution in [0.3, 0.4) is 0 Å². The average Bonchev–Trinajstić information content (AvgIpc) is 2.61. The van der Waals surface area contributed by atoms with Crippen LogP contribution in [0.25, 0.3) is 0 Å². The van der Waals surface area contributed by atoms with Crippen molar-refractivity contribution < 1.29 is 15.0 Å². The smallest absolute Gasteiger partial charge is 0.304 e. The highest BCUT2D eigenvalue weighted by Gasteiger charge is 2.37. The normalized spacial score (nSPS) is 26.5. The summed E-state index contributed by atoms with van der Waals surface area (Å²) in [5.41, 5.74) is 0. The molecule has 0 aromatic rings. The standard InChI is InChI=1S/C11H19NO3/c13-9-6-12(7-9)10(5-11(14)15)8-3-1-2-4-8/h8-10,13H,1-7H2,(H,14,15). The molecule has 86 valence electrons. The molecule has 1 heterocycles. The minimum absolute atomic E-state index is 0.161. The fourth-order valence-electron chi connectivity index (χ4n) is 2.87. The Morgan fingerprint density at radius 3 is 2.40 bits per heavy atom. The molecule has 0 aromatic heterocycles. The lowest BCUT2D eigenvalue weighted by Crippen LogP contribution is -2.57. The van der Waals surface area contributed by atoms with E-state index in [-0.39, 0.29) is 18.6 Å². The van der Waals surface area contributed by atoms with Gasteiger partial charge in [0.2, 0.25) is 0 Å².